The number of nitrogens with zero attached hydrogens (tertiary/aromatic N) is 1. The van der Waals surface area contributed by atoms with Crippen LogP contribution in [0.3, 0.4) is 0 Å². The normalized spacial score (nSPS) is 17.4. The van der Waals surface area contributed by atoms with E-state index in [0.29, 0.717) is 5.70 Å². The molecule has 1 aliphatic heterocycles. The van der Waals surface area contributed by atoms with E-state index < -0.39 is 24.7 Å². The van der Waals surface area contributed by atoms with Gasteiger partial charge in [-0.2, -0.15) is 8.78 Å². The van der Waals surface area contributed by atoms with Gasteiger partial charge in [-0.25, -0.2) is 9.59 Å². The number of ether oxygens (including phenoxy) is 2. The molecule has 6 nitrogen and oxygen atoms in total. The molecule has 0 aliphatic carbocycles. The summed E-state index contributed by atoms with van der Waals surface area (Å²) in [5.74, 6) is -0.808. The van der Waals surface area contributed by atoms with Crippen LogP contribution in [-0.2, 0) is 9.53 Å². The van der Waals surface area contributed by atoms with Gasteiger partial charge in [-0.05, 0) is 13.0 Å². The number of para-hydroxylation sites is 1. The van der Waals surface area contributed by atoms with Crippen molar-refractivity contribution in [3.63, 3.8) is 0 Å². The number of hydrogen-bond donors (Lipinski definition) is 1. The Balaban J connectivity index is 2.58. The number of nitrogens with one attached hydrogen (secondary N) is 1. The van der Waals surface area contributed by atoms with E-state index >= 15 is 0 Å². The zero-order chi connectivity index (χ0) is 18.6. The lowest BCUT2D eigenvalue weighted by Gasteiger charge is -2.35. The molecule has 0 saturated heterocycles. The number of carbonyl (C=O) groups excluding carboxylic acids is 2. The van der Waals surface area contributed by atoms with E-state index in [1.54, 1.807) is 13.0 Å². The third kappa shape index (κ3) is 3.78. The number of hydrogen-bond acceptors (Lipinski definition) is 4. The molecule has 2 amide bonds. The van der Waals surface area contributed by atoms with Gasteiger partial charge in [-0.3, -0.25) is 4.90 Å². The van der Waals surface area contributed by atoms with Crippen LogP contribution in [0.4, 0.5) is 13.6 Å². The van der Waals surface area contributed by atoms with Gasteiger partial charge in [-0.15, -0.1) is 6.58 Å². The third-order valence-corrected chi connectivity index (χ3v) is 3.76. The van der Waals surface area contributed by atoms with Crippen molar-refractivity contribution in [2.24, 2.45) is 0 Å². The topological polar surface area (TPSA) is 67.9 Å². The highest BCUT2D eigenvalue weighted by Crippen LogP contribution is 2.36. The number of allylic oxidation sites excluding steroid dienone is 1. The van der Waals surface area contributed by atoms with E-state index in [2.05, 4.69) is 16.6 Å². The Bertz CT molecular complexity index is 718. The van der Waals surface area contributed by atoms with E-state index in [1.165, 1.54) is 36.3 Å². The van der Waals surface area contributed by atoms with Crippen LogP contribution >= 0.6 is 0 Å². The number of alkyl halides is 2. The molecule has 134 valence electrons. The summed E-state index contributed by atoms with van der Waals surface area (Å²) in [6, 6.07) is 4.50. The SMILES string of the molecule is C=CCN1C(=O)NC(c2ccccc2OC(F)F)C(C(=O)OC)=C1C. The molecule has 0 aromatic heterocycles. The molecule has 1 aromatic rings. The Morgan fingerprint density at radius 2 is 2.12 bits per heavy atom. The molecule has 8 heteroatoms. The van der Waals surface area contributed by atoms with E-state index in [9.17, 15) is 18.4 Å². The van der Waals surface area contributed by atoms with Gasteiger partial charge >= 0.3 is 18.6 Å². The molecule has 1 unspecified atom stereocenters. The number of amides is 2. The van der Waals surface area contributed by atoms with E-state index in [-0.39, 0.29) is 23.4 Å². The monoisotopic (exact) mass is 352 g/mol. The standard InChI is InChI=1S/C17H18F2N2O4/c1-4-9-21-10(2)13(15(22)24-3)14(20-17(21)23)11-7-5-6-8-12(11)25-16(18)19/h4-8,14,16H,1,9H2,2-3H3,(H,20,23). The average molecular weight is 352 g/mol. The highest BCUT2D eigenvalue weighted by Gasteiger charge is 2.37. The number of rotatable bonds is 6. The number of urea groups is 1. The molecule has 25 heavy (non-hydrogen) atoms. The molecule has 0 fully saturated rings. The van der Waals surface area contributed by atoms with Crippen molar-refractivity contribution in [3.8, 4) is 5.75 Å². The van der Waals surface area contributed by atoms with Crippen LogP contribution in [0.5, 0.6) is 5.75 Å². The van der Waals surface area contributed by atoms with Crippen molar-refractivity contribution in [3.05, 3.63) is 53.8 Å². The van der Waals surface area contributed by atoms with Crippen molar-refractivity contribution in [1.29, 1.82) is 0 Å². The first-order valence-corrected chi connectivity index (χ1v) is 7.42. The smallest absolute Gasteiger partial charge is 0.387 e. The van der Waals surface area contributed by atoms with Crippen molar-refractivity contribution in [2.45, 2.75) is 19.6 Å². The molecule has 0 spiro atoms. The van der Waals surface area contributed by atoms with E-state index in [4.69, 9.17) is 4.74 Å². The minimum atomic E-state index is -3.04. The maximum absolute atomic E-state index is 12.7. The lowest BCUT2D eigenvalue weighted by Crippen LogP contribution is -2.48. The van der Waals surface area contributed by atoms with E-state index in [0.717, 1.165) is 0 Å². The average Bonchev–Trinajstić information content (AvgIpc) is 2.57. The Kier molecular flexibility index (Phi) is 5.74. The Hall–Kier alpha value is -2.90. The fourth-order valence-corrected chi connectivity index (χ4v) is 2.66. The summed E-state index contributed by atoms with van der Waals surface area (Å²) in [4.78, 5) is 26.0. The Morgan fingerprint density at radius 3 is 2.72 bits per heavy atom. The molecule has 1 N–H and O–H groups in total. The highest BCUT2D eigenvalue weighted by molar-refractivity contribution is 5.95. The number of esters is 1. The summed E-state index contributed by atoms with van der Waals surface area (Å²) in [7, 11) is 1.20. The fourth-order valence-electron chi connectivity index (χ4n) is 2.66. The molecule has 1 aromatic carbocycles. The van der Waals surface area contributed by atoms with Crippen LogP contribution in [-0.4, -0.2) is 37.2 Å². The zero-order valence-electron chi connectivity index (χ0n) is 13.8. The molecule has 2 rings (SSSR count). The van der Waals surface area contributed by atoms with Crippen LogP contribution in [0.2, 0.25) is 0 Å². The van der Waals surface area contributed by atoms with Crippen LogP contribution in [0.1, 0.15) is 18.5 Å². The van der Waals surface area contributed by atoms with Gasteiger partial charge in [0.2, 0.25) is 0 Å². The number of carbonyl (C=O) groups is 2. The molecular formula is C17H18F2N2O4. The highest BCUT2D eigenvalue weighted by atomic mass is 19.3. The van der Waals surface area contributed by atoms with Gasteiger partial charge in [0.15, 0.2) is 0 Å². The van der Waals surface area contributed by atoms with Crippen molar-refractivity contribution in [1.82, 2.24) is 10.2 Å². The summed E-state index contributed by atoms with van der Waals surface area (Å²) < 4.78 is 34.7. The maximum atomic E-state index is 12.7. The van der Waals surface area contributed by atoms with Crippen LogP contribution < -0.4 is 10.1 Å². The largest absolute Gasteiger partial charge is 0.466 e. The molecular weight excluding hydrogens is 334 g/mol. The second kappa shape index (κ2) is 7.78. The van der Waals surface area contributed by atoms with Crippen LogP contribution in [0.15, 0.2) is 48.2 Å². The van der Waals surface area contributed by atoms with Gasteiger partial charge in [-0.1, -0.05) is 24.3 Å². The Morgan fingerprint density at radius 1 is 1.44 bits per heavy atom. The molecule has 0 radical (unpaired) electrons. The van der Waals surface area contributed by atoms with Crippen molar-refractivity contribution >= 4 is 12.0 Å². The van der Waals surface area contributed by atoms with Gasteiger partial charge in [0, 0.05) is 17.8 Å². The van der Waals surface area contributed by atoms with Crippen LogP contribution in [0.25, 0.3) is 0 Å². The number of methoxy groups -OCH3 is 1. The summed E-state index contributed by atoms with van der Waals surface area (Å²) in [5.41, 5.74) is 0.718. The van der Waals surface area contributed by atoms with Gasteiger partial charge in [0.25, 0.3) is 0 Å². The minimum absolute atomic E-state index is 0.130. The first-order chi connectivity index (χ1) is 11.9. The predicted molar refractivity (Wildman–Crippen MR) is 86.0 cm³/mol. The van der Waals surface area contributed by atoms with Crippen molar-refractivity contribution < 1.29 is 27.8 Å². The summed E-state index contributed by atoms with van der Waals surface area (Å²) in [5, 5.41) is 2.63. The lowest BCUT2D eigenvalue weighted by molar-refractivity contribution is -0.136. The second-order valence-electron chi connectivity index (χ2n) is 5.19. The molecule has 0 bridgehead atoms. The molecule has 1 atom stereocenters. The molecule has 1 heterocycles. The zero-order valence-corrected chi connectivity index (χ0v) is 13.8. The fraction of sp³-hybridized carbons (Fsp3) is 0.294. The predicted octanol–water partition coefficient (Wildman–Crippen LogP) is 2.99. The summed E-state index contributed by atoms with van der Waals surface area (Å²) in [6.45, 7) is 2.30. The molecule has 1 aliphatic rings. The molecule has 0 saturated carbocycles. The minimum Gasteiger partial charge on any atom is -0.466 e. The summed E-state index contributed by atoms with van der Waals surface area (Å²) >= 11 is 0. The maximum Gasteiger partial charge on any atom is 0.387 e. The van der Waals surface area contributed by atoms with E-state index in [1.807, 2.05) is 0 Å². The first kappa shape index (κ1) is 18.4. The first-order valence-electron chi connectivity index (χ1n) is 7.42. The lowest BCUT2D eigenvalue weighted by atomic mass is 9.94. The quantitative estimate of drug-likeness (QED) is 0.631. The van der Waals surface area contributed by atoms with Crippen molar-refractivity contribution in [2.75, 3.05) is 13.7 Å². The van der Waals surface area contributed by atoms with Gasteiger partial charge in [0.05, 0.1) is 18.7 Å². The number of benzene rings is 1. The summed E-state index contributed by atoms with van der Waals surface area (Å²) in [6.07, 6.45) is 1.51. The Labute approximate surface area is 143 Å². The second-order valence-corrected chi connectivity index (χ2v) is 5.19. The van der Waals surface area contributed by atoms with Crippen LogP contribution in [0, 0.1) is 0 Å². The van der Waals surface area contributed by atoms with Gasteiger partial charge in [0.1, 0.15) is 5.75 Å². The third-order valence-electron chi connectivity index (χ3n) is 3.76. The number of halogens is 2. The van der Waals surface area contributed by atoms with Gasteiger partial charge < -0.3 is 14.8 Å².